The number of thioether (sulfide) groups is 1. The highest BCUT2D eigenvalue weighted by Crippen LogP contribution is 2.28. The lowest BCUT2D eigenvalue weighted by Gasteiger charge is -2.03. The molecule has 0 fully saturated rings. The maximum Gasteiger partial charge on any atom is 0.168 e. The van der Waals surface area contributed by atoms with E-state index in [0.717, 1.165) is 20.9 Å². The van der Waals surface area contributed by atoms with Crippen LogP contribution in [0.5, 0.6) is 0 Å². The fraction of sp³-hybridized carbons (Fsp3) is 0.417. The number of imidazole rings is 1. The van der Waals surface area contributed by atoms with Gasteiger partial charge in [-0.15, -0.1) is 0 Å². The maximum absolute atomic E-state index is 4.66. The van der Waals surface area contributed by atoms with Gasteiger partial charge in [-0.05, 0) is 34.0 Å². The summed E-state index contributed by atoms with van der Waals surface area (Å²) in [4.78, 5) is 4.66. The Morgan fingerprint density at radius 1 is 1.44 bits per heavy atom. The van der Waals surface area contributed by atoms with Gasteiger partial charge in [0.1, 0.15) is 5.52 Å². The van der Waals surface area contributed by atoms with Crippen molar-refractivity contribution in [3.63, 3.8) is 0 Å². The summed E-state index contributed by atoms with van der Waals surface area (Å²) in [6, 6.07) is 6.18. The summed E-state index contributed by atoms with van der Waals surface area (Å²) in [5.41, 5.74) is 2.23. The second kappa shape index (κ2) is 4.80. The number of aromatic nitrogens is 2. The molecule has 4 heteroatoms. The average molecular weight is 299 g/mol. The van der Waals surface area contributed by atoms with Gasteiger partial charge in [-0.3, -0.25) is 0 Å². The molecule has 0 aliphatic heterocycles. The van der Waals surface area contributed by atoms with Crippen LogP contribution in [-0.2, 0) is 7.05 Å². The number of halogens is 1. The van der Waals surface area contributed by atoms with E-state index in [1.54, 1.807) is 0 Å². The Morgan fingerprint density at radius 3 is 2.81 bits per heavy atom. The average Bonchev–Trinajstić information content (AvgIpc) is 2.55. The summed E-state index contributed by atoms with van der Waals surface area (Å²) in [5.74, 6) is 1.79. The zero-order valence-electron chi connectivity index (χ0n) is 9.70. The van der Waals surface area contributed by atoms with Crippen molar-refractivity contribution in [2.75, 3.05) is 5.75 Å². The summed E-state index contributed by atoms with van der Waals surface area (Å²) in [6.45, 7) is 4.46. The van der Waals surface area contributed by atoms with Gasteiger partial charge in [0, 0.05) is 17.3 Å². The fourth-order valence-electron chi connectivity index (χ4n) is 1.53. The molecule has 0 spiro atoms. The highest BCUT2D eigenvalue weighted by atomic mass is 79.9. The van der Waals surface area contributed by atoms with E-state index in [1.165, 1.54) is 5.52 Å². The quantitative estimate of drug-likeness (QED) is 0.795. The minimum atomic E-state index is 0.688. The van der Waals surface area contributed by atoms with Crippen LogP contribution in [0.25, 0.3) is 11.0 Å². The Labute approximate surface area is 109 Å². The zero-order chi connectivity index (χ0) is 11.7. The molecule has 1 aromatic heterocycles. The molecule has 0 unspecified atom stereocenters. The molecule has 1 heterocycles. The lowest BCUT2D eigenvalue weighted by Crippen LogP contribution is -1.95. The molecule has 1 aromatic carbocycles. The van der Waals surface area contributed by atoms with E-state index in [9.17, 15) is 0 Å². The standard InChI is InChI=1S/C12H15BrN2S/c1-8(2)7-16-12-14-11-9(13)5-4-6-10(11)15(12)3/h4-6,8H,7H2,1-3H3. The first-order valence-corrected chi connectivity index (χ1v) is 7.11. The van der Waals surface area contributed by atoms with Gasteiger partial charge in [0.25, 0.3) is 0 Å². The molecule has 0 aliphatic rings. The van der Waals surface area contributed by atoms with E-state index in [2.05, 4.69) is 52.4 Å². The molecule has 86 valence electrons. The van der Waals surface area contributed by atoms with E-state index in [0.29, 0.717) is 5.92 Å². The molecule has 16 heavy (non-hydrogen) atoms. The Kier molecular flexibility index (Phi) is 3.60. The predicted octanol–water partition coefficient (Wildman–Crippen LogP) is 4.08. The molecule has 0 radical (unpaired) electrons. The molecule has 0 aliphatic carbocycles. The molecule has 2 aromatic rings. The van der Waals surface area contributed by atoms with Gasteiger partial charge in [-0.25, -0.2) is 4.98 Å². The second-order valence-electron chi connectivity index (χ2n) is 4.27. The molecule has 2 rings (SSSR count). The van der Waals surface area contributed by atoms with Crippen molar-refractivity contribution in [3.8, 4) is 0 Å². The van der Waals surface area contributed by atoms with Gasteiger partial charge < -0.3 is 4.57 Å². The van der Waals surface area contributed by atoms with Gasteiger partial charge in [0.05, 0.1) is 5.52 Å². The number of aryl methyl sites for hydroxylation is 1. The van der Waals surface area contributed by atoms with Crippen molar-refractivity contribution in [2.45, 2.75) is 19.0 Å². The van der Waals surface area contributed by atoms with Crippen LogP contribution in [0.2, 0.25) is 0 Å². The second-order valence-corrected chi connectivity index (χ2v) is 6.11. The number of nitrogens with zero attached hydrogens (tertiary/aromatic N) is 2. The summed E-state index contributed by atoms with van der Waals surface area (Å²) < 4.78 is 3.23. The third kappa shape index (κ3) is 2.28. The van der Waals surface area contributed by atoms with E-state index >= 15 is 0 Å². The first kappa shape index (κ1) is 12.0. The number of rotatable bonds is 3. The van der Waals surface area contributed by atoms with Gasteiger partial charge in [-0.2, -0.15) is 0 Å². The Balaban J connectivity index is 2.40. The van der Waals surface area contributed by atoms with E-state index in [4.69, 9.17) is 0 Å². The molecule has 0 saturated carbocycles. The number of benzene rings is 1. The number of hydrogen-bond donors (Lipinski definition) is 0. The van der Waals surface area contributed by atoms with Crippen LogP contribution >= 0.6 is 27.7 Å². The summed E-state index contributed by atoms with van der Waals surface area (Å²) in [6.07, 6.45) is 0. The Bertz CT molecular complexity index is 505. The van der Waals surface area contributed by atoms with E-state index in [1.807, 2.05) is 23.9 Å². The van der Waals surface area contributed by atoms with Gasteiger partial charge in [0.15, 0.2) is 5.16 Å². The van der Waals surface area contributed by atoms with Crippen LogP contribution in [0.4, 0.5) is 0 Å². The van der Waals surface area contributed by atoms with Crippen LogP contribution in [0.15, 0.2) is 27.8 Å². The highest BCUT2D eigenvalue weighted by Gasteiger charge is 2.10. The van der Waals surface area contributed by atoms with Crippen LogP contribution in [-0.4, -0.2) is 15.3 Å². The molecule has 0 atom stereocenters. The Hall–Kier alpha value is -0.480. The number of fused-ring (bicyclic) bond motifs is 1. The first-order chi connectivity index (χ1) is 7.59. The van der Waals surface area contributed by atoms with E-state index in [-0.39, 0.29) is 0 Å². The van der Waals surface area contributed by atoms with Gasteiger partial charge >= 0.3 is 0 Å². The van der Waals surface area contributed by atoms with Crippen molar-refractivity contribution < 1.29 is 0 Å². The molecular weight excluding hydrogens is 284 g/mol. The normalized spacial score (nSPS) is 11.6. The highest BCUT2D eigenvalue weighted by molar-refractivity contribution is 9.10. The molecular formula is C12H15BrN2S. The predicted molar refractivity (Wildman–Crippen MR) is 74.0 cm³/mol. The van der Waals surface area contributed by atoms with Crippen molar-refractivity contribution in [3.05, 3.63) is 22.7 Å². The van der Waals surface area contributed by atoms with Crippen molar-refractivity contribution in [1.82, 2.24) is 9.55 Å². The minimum Gasteiger partial charge on any atom is -0.322 e. The molecule has 0 saturated heterocycles. The van der Waals surface area contributed by atoms with Crippen LogP contribution < -0.4 is 0 Å². The summed E-state index contributed by atoms with van der Waals surface area (Å²) in [7, 11) is 2.07. The van der Waals surface area contributed by atoms with E-state index < -0.39 is 0 Å². The summed E-state index contributed by atoms with van der Waals surface area (Å²) in [5, 5.41) is 1.09. The molecule has 0 N–H and O–H groups in total. The SMILES string of the molecule is CC(C)CSc1nc2c(Br)cccc2n1C. The van der Waals surface area contributed by atoms with Crippen LogP contribution in [0, 0.1) is 5.92 Å². The number of hydrogen-bond acceptors (Lipinski definition) is 2. The largest absolute Gasteiger partial charge is 0.322 e. The molecule has 0 amide bonds. The van der Waals surface area contributed by atoms with Crippen molar-refractivity contribution in [2.24, 2.45) is 13.0 Å². The topological polar surface area (TPSA) is 17.8 Å². The fourth-order valence-corrected chi connectivity index (χ4v) is 2.90. The van der Waals surface area contributed by atoms with Gasteiger partial charge in [0.2, 0.25) is 0 Å². The third-order valence-electron chi connectivity index (χ3n) is 2.37. The number of para-hydroxylation sites is 1. The minimum absolute atomic E-state index is 0.688. The monoisotopic (exact) mass is 298 g/mol. The zero-order valence-corrected chi connectivity index (χ0v) is 12.1. The smallest absolute Gasteiger partial charge is 0.168 e. The Morgan fingerprint density at radius 2 is 2.19 bits per heavy atom. The van der Waals surface area contributed by atoms with Crippen LogP contribution in [0.1, 0.15) is 13.8 Å². The van der Waals surface area contributed by atoms with Crippen LogP contribution in [0.3, 0.4) is 0 Å². The molecule has 2 nitrogen and oxygen atoms in total. The first-order valence-electron chi connectivity index (χ1n) is 5.33. The van der Waals surface area contributed by atoms with Crippen molar-refractivity contribution in [1.29, 1.82) is 0 Å². The molecule has 0 bridgehead atoms. The maximum atomic E-state index is 4.66. The van der Waals surface area contributed by atoms with Crippen molar-refractivity contribution >= 4 is 38.7 Å². The third-order valence-corrected chi connectivity index (χ3v) is 4.46. The summed E-state index contributed by atoms with van der Waals surface area (Å²) >= 11 is 5.36. The lowest BCUT2D eigenvalue weighted by molar-refractivity contribution is 0.742. The van der Waals surface area contributed by atoms with Gasteiger partial charge in [-0.1, -0.05) is 31.7 Å². The lowest BCUT2D eigenvalue weighted by atomic mass is 10.3.